The Morgan fingerprint density at radius 2 is 2.11 bits per heavy atom. The summed E-state index contributed by atoms with van der Waals surface area (Å²) in [5.41, 5.74) is 0.437. The van der Waals surface area contributed by atoms with Gasteiger partial charge in [-0.15, -0.1) is 0 Å². The molecule has 0 atom stereocenters. The van der Waals surface area contributed by atoms with Gasteiger partial charge in [-0.3, -0.25) is 4.79 Å². The number of carbonyl (C=O) groups is 2. The highest BCUT2D eigenvalue weighted by Crippen LogP contribution is 2.22. The van der Waals surface area contributed by atoms with Crippen molar-refractivity contribution in [3.63, 3.8) is 0 Å². The third-order valence-corrected chi connectivity index (χ3v) is 2.69. The Hall–Kier alpha value is -1.63. The molecule has 1 aromatic carbocycles. The van der Waals surface area contributed by atoms with Gasteiger partial charge >= 0.3 is 12.0 Å². The summed E-state index contributed by atoms with van der Waals surface area (Å²) in [7, 11) is 0. The first-order chi connectivity index (χ1) is 8.49. The maximum Gasteiger partial charge on any atom is 0.319 e. The molecule has 0 radical (unpaired) electrons. The number of carboxylic acid groups (broad SMARTS) is 1. The SMILES string of the molecule is O=C(O)CCCNC(=O)Nc1ccc(F)cc1Br. The van der Waals surface area contributed by atoms with Crippen molar-refractivity contribution in [1.29, 1.82) is 0 Å². The van der Waals surface area contributed by atoms with Gasteiger partial charge in [0, 0.05) is 17.4 Å². The fourth-order valence-electron chi connectivity index (χ4n) is 1.20. The first kappa shape index (κ1) is 14.4. The van der Waals surface area contributed by atoms with E-state index >= 15 is 0 Å². The van der Waals surface area contributed by atoms with Crippen LogP contribution in [0, 0.1) is 5.82 Å². The molecule has 0 spiro atoms. The smallest absolute Gasteiger partial charge is 0.319 e. The van der Waals surface area contributed by atoms with Crippen molar-refractivity contribution in [2.75, 3.05) is 11.9 Å². The molecule has 0 fully saturated rings. The second-order valence-corrected chi connectivity index (χ2v) is 4.36. The van der Waals surface area contributed by atoms with E-state index in [0.717, 1.165) is 0 Å². The number of halogens is 2. The van der Waals surface area contributed by atoms with E-state index in [1.807, 2.05) is 0 Å². The van der Waals surface area contributed by atoms with Crippen molar-refractivity contribution in [2.24, 2.45) is 0 Å². The lowest BCUT2D eigenvalue weighted by Gasteiger charge is -2.08. The highest BCUT2D eigenvalue weighted by molar-refractivity contribution is 9.10. The quantitative estimate of drug-likeness (QED) is 0.730. The molecule has 5 nitrogen and oxygen atoms in total. The third kappa shape index (κ3) is 5.13. The van der Waals surface area contributed by atoms with Gasteiger partial charge in [-0.2, -0.15) is 0 Å². The molecule has 2 amide bonds. The van der Waals surface area contributed by atoms with Gasteiger partial charge in [0.2, 0.25) is 0 Å². The number of carbonyl (C=O) groups excluding carboxylic acids is 1. The number of urea groups is 1. The average Bonchev–Trinajstić information content (AvgIpc) is 2.28. The number of benzene rings is 1. The van der Waals surface area contributed by atoms with E-state index in [-0.39, 0.29) is 13.0 Å². The molecule has 0 aliphatic heterocycles. The van der Waals surface area contributed by atoms with E-state index < -0.39 is 17.8 Å². The second-order valence-electron chi connectivity index (χ2n) is 3.50. The predicted molar refractivity (Wildman–Crippen MR) is 68.0 cm³/mol. The third-order valence-electron chi connectivity index (χ3n) is 2.03. The van der Waals surface area contributed by atoms with E-state index in [2.05, 4.69) is 26.6 Å². The summed E-state index contributed by atoms with van der Waals surface area (Å²) in [6.45, 7) is 0.261. The summed E-state index contributed by atoms with van der Waals surface area (Å²) in [4.78, 5) is 21.7. The fraction of sp³-hybridized carbons (Fsp3) is 0.273. The molecule has 7 heteroatoms. The number of hydrogen-bond acceptors (Lipinski definition) is 2. The minimum Gasteiger partial charge on any atom is -0.481 e. The normalized spacial score (nSPS) is 9.89. The first-order valence-electron chi connectivity index (χ1n) is 5.20. The molecule has 0 aliphatic carbocycles. The Morgan fingerprint density at radius 1 is 1.39 bits per heavy atom. The Kier molecular flexibility index (Phi) is 5.57. The van der Waals surface area contributed by atoms with Crippen molar-refractivity contribution in [1.82, 2.24) is 5.32 Å². The molecule has 0 aliphatic rings. The molecule has 0 saturated heterocycles. The van der Waals surface area contributed by atoms with Gasteiger partial charge in [0.15, 0.2) is 0 Å². The summed E-state index contributed by atoms with van der Waals surface area (Å²) in [5.74, 6) is -1.31. The van der Waals surface area contributed by atoms with E-state index in [1.165, 1.54) is 18.2 Å². The van der Waals surface area contributed by atoms with Crippen molar-refractivity contribution < 1.29 is 19.1 Å². The average molecular weight is 319 g/mol. The van der Waals surface area contributed by atoms with Crippen LogP contribution in [0.15, 0.2) is 22.7 Å². The lowest BCUT2D eigenvalue weighted by molar-refractivity contribution is -0.137. The molecular weight excluding hydrogens is 307 g/mol. The maximum absolute atomic E-state index is 12.8. The molecule has 0 aromatic heterocycles. The summed E-state index contributed by atoms with van der Waals surface area (Å²) in [5, 5.41) is 13.4. The van der Waals surface area contributed by atoms with Crippen LogP contribution in [0.3, 0.4) is 0 Å². The number of hydrogen-bond donors (Lipinski definition) is 3. The second kappa shape index (κ2) is 6.95. The van der Waals surface area contributed by atoms with Crippen molar-refractivity contribution in [2.45, 2.75) is 12.8 Å². The number of aliphatic carboxylic acids is 1. The molecule has 98 valence electrons. The lowest BCUT2D eigenvalue weighted by Crippen LogP contribution is -2.29. The van der Waals surface area contributed by atoms with Gasteiger partial charge in [0.25, 0.3) is 0 Å². The van der Waals surface area contributed by atoms with Gasteiger partial charge in [-0.1, -0.05) is 0 Å². The number of nitrogens with one attached hydrogen (secondary N) is 2. The minimum absolute atomic E-state index is 0.000519. The highest BCUT2D eigenvalue weighted by Gasteiger charge is 2.06. The molecule has 0 unspecified atom stereocenters. The van der Waals surface area contributed by atoms with Gasteiger partial charge < -0.3 is 15.7 Å². The molecule has 0 bridgehead atoms. The topological polar surface area (TPSA) is 78.4 Å². The Bertz CT molecular complexity index is 454. The van der Waals surface area contributed by atoms with Crippen LogP contribution in [0.1, 0.15) is 12.8 Å². The number of anilines is 1. The largest absolute Gasteiger partial charge is 0.481 e. The monoisotopic (exact) mass is 318 g/mol. The highest BCUT2D eigenvalue weighted by atomic mass is 79.9. The van der Waals surface area contributed by atoms with Crippen LogP contribution in [0.2, 0.25) is 0 Å². The maximum atomic E-state index is 12.8. The van der Waals surface area contributed by atoms with Crippen LogP contribution in [-0.4, -0.2) is 23.7 Å². The lowest BCUT2D eigenvalue weighted by atomic mass is 10.3. The molecule has 0 heterocycles. The zero-order valence-corrected chi connectivity index (χ0v) is 11.0. The van der Waals surface area contributed by atoms with Crippen molar-refractivity contribution in [3.8, 4) is 0 Å². The summed E-state index contributed by atoms with van der Waals surface area (Å²) in [6, 6.07) is 3.42. The van der Waals surface area contributed by atoms with Crippen LogP contribution < -0.4 is 10.6 Å². The Balaban J connectivity index is 2.38. The van der Waals surface area contributed by atoms with Crippen LogP contribution in [-0.2, 0) is 4.79 Å². The van der Waals surface area contributed by atoms with Crippen molar-refractivity contribution >= 4 is 33.6 Å². The first-order valence-corrected chi connectivity index (χ1v) is 6.00. The van der Waals surface area contributed by atoms with Crippen LogP contribution >= 0.6 is 15.9 Å². The van der Waals surface area contributed by atoms with Gasteiger partial charge in [-0.25, -0.2) is 9.18 Å². The standard InChI is InChI=1S/C11H12BrFN2O3/c12-8-6-7(13)3-4-9(8)15-11(18)14-5-1-2-10(16)17/h3-4,6H,1-2,5H2,(H,16,17)(H2,14,15,18). The van der Waals surface area contributed by atoms with E-state index in [9.17, 15) is 14.0 Å². The zero-order valence-electron chi connectivity index (χ0n) is 9.37. The summed E-state index contributed by atoms with van der Waals surface area (Å²) in [6.07, 6.45) is 0.355. The molecule has 1 aromatic rings. The van der Waals surface area contributed by atoms with E-state index in [4.69, 9.17) is 5.11 Å². The number of rotatable bonds is 5. The van der Waals surface area contributed by atoms with Gasteiger partial charge in [0.1, 0.15) is 5.82 Å². The molecule has 18 heavy (non-hydrogen) atoms. The molecule has 1 rings (SSSR count). The zero-order chi connectivity index (χ0) is 13.5. The van der Waals surface area contributed by atoms with Gasteiger partial charge in [0.05, 0.1) is 5.69 Å². The number of carboxylic acids is 1. The van der Waals surface area contributed by atoms with Crippen LogP contribution in [0.4, 0.5) is 14.9 Å². The number of amides is 2. The fourth-order valence-corrected chi connectivity index (χ4v) is 1.65. The van der Waals surface area contributed by atoms with Crippen LogP contribution in [0.25, 0.3) is 0 Å². The van der Waals surface area contributed by atoms with Crippen LogP contribution in [0.5, 0.6) is 0 Å². The van der Waals surface area contributed by atoms with Crippen molar-refractivity contribution in [3.05, 3.63) is 28.5 Å². The molecule has 3 N–H and O–H groups in total. The Morgan fingerprint density at radius 3 is 2.72 bits per heavy atom. The summed E-state index contributed by atoms with van der Waals surface area (Å²) < 4.78 is 13.2. The van der Waals surface area contributed by atoms with Gasteiger partial charge in [-0.05, 0) is 40.5 Å². The minimum atomic E-state index is -0.904. The van der Waals surface area contributed by atoms with E-state index in [0.29, 0.717) is 16.6 Å². The van der Waals surface area contributed by atoms with E-state index in [1.54, 1.807) is 0 Å². The molecular formula is C11H12BrFN2O3. The predicted octanol–water partition coefficient (Wildman–Crippen LogP) is 2.57. The summed E-state index contributed by atoms with van der Waals surface area (Å²) >= 11 is 3.12. The molecule has 0 saturated carbocycles. The Labute approximate surface area is 112 Å².